The molecule has 0 radical (unpaired) electrons. The Bertz CT molecular complexity index is 593. The van der Waals surface area contributed by atoms with Gasteiger partial charge in [-0.15, -0.1) is 0 Å². The van der Waals surface area contributed by atoms with Crippen LogP contribution in [0.1, 0.15) is 29.6 Å². The van der Waals surface area contributed by atoms with E-state index in [0.29, 0.717) is 12.1 Å². The minimum atomic E-state index is 0.0651. The Hall–Kier alpha value is -2.21. The Morgan fingerprint density at radius 3 is 2.76 bits per heavy atom. The lowest BCUT2D eigenvalue weighted by molar-refractivity contribution is 0.0623. The van der Waals surface area contributed by atoms with Crippen LogP contribution >= 0.6 is 0 Å². The van der Waals surface area contributed by atoms with Crippen molar-refractivity contribution in [3.63, 3.8) is 0 Å². The number of carbonyl (C=O) groups excluding carboxylic acids is 1. The molecular weight excluding hydrogens is 266 g/mol. The first-order chi connectivity index (χ1) is 10.3. The van der Waals surface area contributed by atoms with Crippen LogP contribution in [0.25, 0.3) is 5.69 Å². The number of nitrogens with zero attached hydrogens (tertiary/aromatic N) is 4. The van der Waals surface area contributed by atoms with Gasteiger partial charge in [0.05, 0.1) is 5.69 Å². The van der Waals surface area contributed by atoms with Gasteiger partial charge in [0.15, 0.2) is 0 Å². The molecule has 2 aromatic rings. The third kappa shape index (κ3) is 2.80. The predicted molar refractivity (Wildman–Crippen MR) is 79.1 cm³/mol. The van der Waals surface area contributed by atoms with Crippen LogP contribution in [0.2, 0.25) is 0 Å². The lowest BCUT2D eigenvalue weighted by Gasteiger charge is -2.35. The maximum absolute atomic E-state index is 12.6. The van der Waals surface area contributed by atoms with Crippen molar-refractivity contribution in [1.82, 2.24) is 19.7 Å². The molecule has 1 amide bonds. The fourth-order valence-electron chi connectivity index (χ4n) is 2.78. The number of likely N-dealkylation sites (tertiary alicyclic amines) is 1. The second-order valence-electron chi connectivity index (χ2n) is 5.27. The molecule has 1 saturated heterocycles. The van der Waals surface area contributed by atoms with E-state index in [2.05, 4.69) is 10.1 Å². The third-order valence-electron chi connectivity index (χ3n) is 3.96. The standard InChI is InChI=1S/C15H19N5O/c16-9-14-3-1-2-8-19(14)15(21)12-4-6-13(7-5-12)20-11-17-10-18-20/h4-7,10-11,14H,1-3,8-9,16H2. The molecule has 0 aliphatic carbocycles. The lowest BCUT2D eigenvalue weighted by Crippen LogP contribution is -2.47. The van der Waals surface area contributed by atoms with Crippen molar-refractivity contribution in [3.8, 4) is 5.69 Å². The van der Waals surface area contributed by atoms with Gasteiger partial charge in [-0.3, -0.25) is 4.79 Å². The van der Waals surface area contributed by atoms with E-state index in [0.717, 1.165) is 31.5 Å². The van der Waals surface area contributed by atoms with Crippen molar-refractivity contribution in [2.45, 2.75) is 25.3 Å². The van der Waals surface area contributed by atoms with E-state index in [-0.39, 0.29) is 11.9 Å². The van der Waals surface area contributed by atoms with Crippen LogP contribution < -0.4 is 5.73 Å². The minimum absolute atomic E-state index is 0.0651. The molecular formula is C15H19N5O. The Morgan fingerprint density at radius 2 is 2.10 bits per heavy atom. The van der Waals surface area contributed by atoms with Gasteiger partial charge in [-0.1, -0.05) is 0 Å². The average Bonchev–Trinajstić information content (AvgIpc) is 3.09. The van der Waals surface area contributed by atoms with Crippen molar-refractivity contribution < 1.29 is 4.79 Å². The Kier molecular flexibility index (Phi) is 3.96. The molecule has 1 aliphatic rings. The van der Waals surface area contributed by atoms with Crippen LogP contribution in [0.4, 0.5) is 0 Å². The number of piperidine rings is 1. The molecule has 1 aromatic heterocycles. The van der Waals surface area contributed by atoms with Crippen LogP contribution in [-0.4, -0.2) is 44.7 Å². The van der Waals surface area contributed by atoms with Crippen molar-refractivity contribution in [3.05, 3.63) is 42.5 Å². The zero-order valence-corrected chi connectivity index (χ0v) is 11.9. The normalized spacial score (nSPS) is 18.7. The average molecular weight is 285 g/mol. The summed E-state index contributed by atoms with van der Waals surface area (Å²) < 4.78 is 1.66. The molecule has 0 spiro atoms. The van der Waals surface area contributed by atoms with E-state index >= 15 is 0 Å². The Labute approximate surface area is 123 Å². The number of carbonyl (C=O) groups is 1. The summed E-state index contributed by atoms with van der Waals surface area (Å²) in [6, 6.07) is 7.59. The van der Waals surface area contributed by atoms with Gasteiger partial charge in [-0.05, 0) is 43.5 Å². The molecule has 0 saturated carbocycles. The van der Waals surface area contributed by atoms with Crippen molar-refractivity contribution in [2.24, 2.45) is 5.73 Å². The minimum Gasteiger partial charge on any atom is -0.334 e. The molecule has 3 rings (SSSR count). The number of nitrogens with two attached hydrogens (primary N) is 1. The van der Waals surface area contributed by atoms with E-state index in [1.165, 1.54) is 6.33 Å². The van der Waals surface area contributed by atoms with Gasteiger partial charge in [0, 0.05) is 24.7 Å². The van der Waals surface area contributed by atoms with Gasteiger partial charge in [0.1, 0.15) is 12.7 Å². The summed E-state index contributed by atoms with van der Waals surface area (Å²) in [6.07, 6.45) is 6.32. The number of rotatable bonds is 3. The zero-order valence-electron chi connectivity index (χ0n) is 11.9. The highest BCUT2D eigenvalue weighted by Gasteiger charge is 2.26. The van der Waals surface area contributed by atoms with Crippen molar-refractivity contribution in [2.75, 3.05) is 13.1 Å². The molecule has 6 nitrogen and oxygen atoms in total. The zero-order chi connectivity index (χ0) is 14.7. The molecule has 1 aliphatic heterocycles. The maximum Gasteiger partial charge on any atom is 0.254 e. The molecule has 0 bridgehead atoms. The molecule has 1 atom stereocenters. The van der Waals surface area contributed by atoms with Gasteiger partial charge >= 0.3 is 0 Å². The van der Waals surface area contributed by atoms with E-state index in [9.17, 15) is 4.79 Å². The summed E-state index contributed by atoms with van der Waals surface area (Å²) >= 11 is 0. The van der Waals surface area contributed by atoms with Crippen LogP contribution in [-0.2, 0) is 0 Å². The first-order valence-corrected chi connectivity index (χ1v) is 7.25. The highest BCUT2D eigenvalue weighted by molar-refractivity contribution is 5.94. The van der Waals surface area contributed by atoms with Crippen LogP contribution in [0, 0.1) is 0 Å². The first-order valence-electron chi connectivity index (χ1n) is 7.25. The monoisotopic (exact) mass is 285 g/mol. The summed E-state index contributed by atoms with van der Waals surface area (Å²) in [5.41, 5.74) is 7.37. The molecule has 6 heteroatoms. The molecule has 1 unspecified atom stereocenters. The van der Waals surface area contributed by atoms with Crippen LogP contribution in [0.15, 0.2) is 36.9 Å². The van der Waals surface area contributed by atoms with Crippen LogP contribution in [0.3, 0.4) is 0 Å². The van der Waals surface area contributed by atoms with Gasteiger partial charge in [-0.2, -0.15) is 5.10 Å². The second kappa shape index (κ2) is 6.05. The molecule has 110 valence electrons. The number of benzene rings is 1. The summed E-state index contributed by atoms with van der Waals surface area (Å²) in [5.74, 6) is 0.0651. The van der Waals surface area contributed by atoms with E-state index < -0.39 is 0 Å². The van der Waals surface area contributed by atoms with E-state index in [1.54, 1.807) is 11.0 Å². The first kappa shape index (κ1) is 13.8. The Balaban J connectivity index is 1.78. The smallest absolute Gasteiger partial charge is 0.254 e. The van der Waals surface area contributed by atoms with Crippen molar-refractivity contribution >= 4 is 5.91 Å². The van der Waals surface area contributed by atoms with E-state index in [1.807, 2.05) is 29.2 Å². The number of amides is 1. The summed E-state index contributed by atoms with van der Waals surface area (Å²) in [4.78, 5) is 18.4. The fourth-order valence-corrected chi connectivity index (χ4v) is 2.78. The molecule has 1 aromatic carbocycles. The van der Waals surface area contributed by atoms with Gasteiger partial charge < -0.3 is 10.6 Å². The highest BCUT2D eigenvalue weighted by atomic mass is 16.2. The predicted octanol–water partition coefficient (Wildman–Crippen LogP) is 1.22. The van der Waals surface area contributed by atoms with Crippen LogP contribution in [0.5, 0.6) is 0 Å². The number of hydrogen-bond acceptors (Lipinski definition) is 4. The largest absolute Gasteiger partial charge is 0.334 e. The van der Waals surface area contributed by atoms with Gasteiger partial charge in [-0.25, -0.2) is 9.67 Å². The second-order valence-corrected chi connectivity index (χ2v) is 5.27. The number of aromatic nitrogens is 3. The fraction of sp³-hybridized carbons (Fsp3) is 0.400. The van der Waals surface area contributed by atoms with Gasteiger partial charge in [0.2, 0.25) is 0 Å². The van der Waals surface area contributed by atoms with E-state index in [4.69, 9.17) is 5.73 Å². The highest BCUT2D eigenvalue weighted by Crippen LogP contribution is 2.19. The maximum atomic E-state index is 12.6. The molecule has 2 heterocycles. The third-order valence-corrected chi connectivity index (χ3v) is 3.96. The summed E-state index contributed by atoms with van der Waals surface area (Å²) in [5, 5.41) is 4.07. The lowest BCUT2D eigenvalue weighted by atomic mass is 10.0. The SMILES string of the molecule is NCC1CCCCN1C(=O)c1ccc(-n2cncn2)cc1. The number of hydrogen-bond donors (Lipinski definition) is 1. The van der Waals surface area contributed by atoms with Gasteiger partial charge in [0.25, 0.3) is 5.91 Å². The quantitative estimate of drug-likeness (QED) is 0.920. The molecule has 1 fully saturated rings. The summed E-state index contributed by atoms with van der Waals surface area (Å²) in [7, 11) is 0. The Morgan fingerprint density at radius 1 is 1.29 bits per heavy atom. The topological polar surface area (TPSA) is 77.0 Å². The summed E-state index contributed by atoms with van der Waals surface area (Å²) in [6.45, 7) is 1.33. The van der Waals surface area contributed by atoms with Crippen molar-refractivity contribution in [1.29, 1.82) is 0 Å². The molecule has 2 N–H and O–H groups in total. The molecule has 21 heavy (non-hydrogen) atoms.